The predicted octanol–water partition coefficient (Wildman–Crippen LogP) is 6.50. The Hall–Kier alpha value is -4.33. The summed E-state index contributed by atoms with van der Waals surface area (Å²) in [4.78, 5) is 31.4. The number of amides is 3. The van der Waals surface area contributed by atoms with E-state index in [4.69, 9.17) is 9.47 Å². The number of aryl methyl sites for hydroxylation is 1. The van der Waals surface area contributed by atoms with Gasteiger partial charge in [-0.05, 0) is 61.7 Å². The first-order chi connectivity index (χ1) is 20.5. The first kappa shape index (κ1) is 32.6. The van der Waals surface area contributed by atoms with Crippen LogP contribution in [0, 0.1) is 0 Å². The molecule has 1 aliphatic rings. The maximum absolute atomic E-state index is 13.4. The summed E-state index contributed by atoms with van der Waals surface area (Å²) in [6, 6.07) is 10.8. The lowest BCUT2D eigenvalue weighted by molar-refractivity contribution is -0.376. The Kier molecular flexibility index (Phi) is 8.87. The molecule has 0 radical (unpaired) electrons. The molecular formula is C30H29F6N3O5. The standard InChI is InChI=1S/C30H29F6N3O5/c1-4-7-19-15-20(28(42,29(31,32)33)30(34,35)36)10-12-23(19)44-22-9-6-8-18(14-22)17-39-25(40)27(3,38-26(39)41)21-11-13-24(37-16-21)43-5-2/h6,8-16,42H,4-5,7,17H2,1-3H3,(H,38,41). The number of nitrogens with zero attached hydrogens (tertiary/aromatic N) is 2. The Morgan fingerprint density at radius 1 is 0.977 bits per heavy atom. The quantitative estimate of drug-likeness (QED) is 0.197. The first-order valence-corrected chi connectivity index (χ1v) is 13.5. The fraction of sp³-hybridized carbons (Fsp3) is 0.367. The molecule has 44 heavy (non-hydrogen) atoms. The van der Waals surface area contributed by atoms with Crippen molar-refractivity contribution in [3.05, 3.63) is 83.0 Å². The number of aliphatic hydroxyl groups is 1. The average molecular weight is 626 g/mol. The molecule has 2 heterocycles. The minimum Gasteiger partial charge on any atom is -0.478 e. The maximum atomic E-state index is 13.4. The number of hydrogen-bond acceptors (Lipinski definition) is 6. The van der Waals surface area contributed by atoms with Crippen LogP contribution < -0.4 is 14.8 Å². The van der Waals surface area contributed by atoms with Crippen LogP contribution in [0.5, 0.6) is 17.4 Å². The number of nitrogens with one attached hydrogen (secondary N) is 1. The third-order valence-electron chi connectivity index (χ3n) is 7.17. The van der Waals surface area contributed by atoms with Gasteiger partial charge < -0.3 is 19.9 Å². The van der Waals surface area contributed by atoms with Crippen LogP contribution in [0.2, 0.25) is 0 Å². The van der Waals surface area contributed by atoms with Crippen molar-refractivity contribution in [2.75, 3.05) is 6.61 Å². The molecule has 0 aliphatic carbocycles. The van der Waals surface area contributed by atoms with Gasteiger partial charge in [-0.25, -0.2) is 9.78 Å². The van der Waals surface area contributed by atoms with Crippen LogP contribution >= 0.6 is 0 Å². The van der Waals surface area contributed by atoms with E-state index in [0.717, 1.165) is 11.0 Å². The topological polar surface area (TPSA) is 101 Å². The number of alkyl halides is 6. The van der Waals surface area contributed by atoms with Crippen molar-refractivity contribution in [3.63, 3.8) is 0 Å². The van der Waals surface area contributed by atoms with E-state index >= 15 is 0 Å². The van der Waals surface area contributed by atoms with Gasteiger partial charge >= 0.3 is 18.4 Å². The Balaban J connectivity index is 1.57. The van der Waals surface area contributed by atoms with E-state index in [1.54, 1.807) is 45.0 Å². The van der Waals surface area contributed by atoms with Gasteiger partial charge in [0.1, 0.15) is 17.0 Å². The third kappa shape index (κ3) is 6.03. The molecule has 2 aromatic carbocycles. The molecule has 14 heteroatoms. The highest BCUT2D eigenvalue weighted by Crippen LogP contribution is 2.50. The van der Waals surface area contributed by atoms with Crippen molar-refractivity contribution in [1.82, 2.24) is 15.2 Å². The maximum Gasteiger partial charge on any atom is 0.430 e. The number of pyridine rings is 1. The van der Waals surface area contributed by atoms with Crippen LogP contribution in [-0.4, -0.2) is 45.9 Å². The Morgan fingerprint density at radius 3 is 2.27 bits per heavy atom. The van der Waals surface area contributed by atoms with Gasteiger partial charge in [-0.15, -0.1) is 0 Å². The number of carbonyl (C=O) groups excluding carboxylic acids is 2. The average Bonchev–Trinajstić information content (AvgIpc) is 3.17. The second kappa shape index (κ2) is 12.0. The van der Waals surface area contributed by atoms with Gasteiger partial charge in [-0.1, -0.05) is 31.5 Å². The van der Waals surface area contributed by atoms with Crippen molar-refractivity contribution in [2.45, 2.75) is 63.7 Å². The predicted molar refractivity (Wildman–Crippen MR) is 145 cm³/mol. The van der Waals surface area contributed by atoms with Crippen molar-refractivity contribution in [3.8, 4) is 17.4 Å². The second-order valence-electron chi connectivity index (χ2n) is 10.3. The molecule has 4 rings (SSSR count). The molecule has 1 aliphatic heterocycles. The van der Waals surface area contributed by atoms with Crippen LogP contribution in [-0.2, 0) is 28.9 Å². The molecule has 1 fully saturated rings. The number of hydrogen-bond donors (Lipinski definition) is 2. The van der Waals surface area contributed by atoms with E-state index in [2.05, 4.69) is 10.3 Å². The number of halogens is 6. The number of rotatable bonds is 10. The minimum absolute atomic E-state index is 0.0103. The lowest BCUT2D eigenvalue weighted by Crippen LogP contribution is -2.53. The van der Waals surface area contributed by atoms with E-state index in [9.17, 15) is 41.0 Å². The van der Waals surface area contributed by atoms with Gasteiger partial charge in [0.25, 0.3) is 11.5 Å². The molecule has 0 bridgehead atoms. The molecule has 3 amide bonds. The van der Waals surface area contributed by atoms with Crippen molar-refractivity contribution in [2.24, 2.45) is 0 Å². The summed E-state index contributed by atoms with van der Waals surface area (Å²) in [5.41, 5.74) is -6.94. The normalized spacial score (nSPS) is 17.5. The summed E-state index contributed by atoms with van der Waals surface area (Å²) < 4.78 is 91.8. The molecule has 1 aromatic heterocycles. The molecule has 3 aromatic rings. The molecule has 1 unspecified atom stereocenters. The van der Waals surface area contributed by atoms with Crippen molar-refractivity contribution >= 4 is 11.9 Å². The van der Waals surface area contributed by atoms with Gasteiger partial charge in [0.05, 0.1) is 13.2 Å². The Bertz CT molecular complexity index is 1510. The summed E-state index contributed by atoms with van der Waals surface area (Å²) >= 11 is 0. The molecule has 8 nitrogen and oxygen atoms in total. The van der Waals surface area contributed by atoms with E-state index in [1.807, 2.05) is 0 Å². The molecule has 1 saturated heterocycles. The van der Waals surface area contributed by atoms with Gasteiger partial charge in [0.2, 0.25) is 5.88 Å². The van der Waals surface area contributed by atoms with Crippen LogP contribution in [0.25, 0.3) is 0 Å². The van der Waals surface area contributed by atoms with E-state index < -0.39 is 41.0 Å². The van der Waals surface area contributed by atoms with E-state index in [0.29, 0.717) is 42.2 Å². The highest BCUT2D eigenvalue weighted by atomic mass is 19.4. The second-order valence-corrected chi connectivity index (χ2v) is 10.3. The van der Waals surface area contributed by atoms with Gasteiger partial charge in [-0.2, -0.15) is 26.3 Å². The summed E-state index contributed by atoms with van der Waals surface area (Å²) in [5.74, 6) is -0.0501. The molecule has 1 atom stereocenters. The number of urea groups is 1. The fourth-order valence-corrected chi connectivity index (χ4v) is 4.82. The van der Waals surface area contributed by atoms with E-state index in [1.165, 1.54) is 18.3 Å². The summed E-state index contributed by atoms with van der Waals surface area (Å²) in [7, 11) is 0. The molecule has 0 saturated carbocycles. The number of carbonyl (C=O) groups is 2. The minimum atomic E-state index is -6.02. The third-order valence-corrected chi connectivity index (χ3v) is 7.17. The van der Waals surface area contributed by atoms with Crippen LogP contribution in [0.4, 0.5) is 31.1 Å². The van der Waals surface area contributed by atoms with Gasteiger partial charge in [0.15, 0.2) is 0 Å². The van der Waals surface area contributed by atoms with Crippen LogP contribution in [0.15, 0.2) is 60.8 Å². The highest BCUT2D eigenvalue weighted by molar-refractivity contribution is 6.07. The summed E-state index contributed by atoms with van der Waals surface area (Å²) in [6.07, 6.45) is -10.2. The lowest BCUT2D eigenvalue weighted by atomic mass is 9.90. The monoisotopic (exact) mass is 625 g/mol. The van der Waals surface area contributed by atoms with Crippen molar-refractivity contribution < 1.29 is 50.5 Å². The lowest BCUT2D eigenvalue weighted by Gasteiger charge is -2.33. The zero-order valence-electron chi connectivity index (χ0n) is 23.8. The highest BCUT2D eigenvalue weighted by Gasteiger charge is 2.71. The number of benzene rings is 2. The van der Waals surface area contributed by atoms with E-state index in [-0.39, 0.29) is 30.0 Å². The fourth-order valence-electron chi connectivity index (χ4n) is 4.82. The first-order valence-electron chi connectivity index (χ1n) is 13.5. The molecular weight excluding hydrogens is 596 g/mol. The summed E-state index contributed by atoms with van der Waals surface area (Å²) in [6.45, 7) is 5.26. The van der Waals surface area contributed by atoms with Crippen LogP contribution in [0.1, 0.15) is 49.4 Å². The zero-order chi connectivity index (χ0) is 32.5. The van der Waals surface area contributed by atoms with Gasteiger partial charge in [-0.3, -0.25) is 9.69 Å². The zero-order valence-corrected chi connectivity index (χ0v) is 23.8. The summed E-state index contributed by atoms with van der Waals surface area (Å²) in [5, 5.41) is 12.5. The largest absolute Gasteiger partial charge is 0.478 e. The SMILES string of the molecule is CCCc1cc(C(O)(C(F)(F)F)C(F)(F)F)ccc1Oc1cccc(CN2C(=O)NC(C)(c3ccc(OCC)nc3)C2=O)c1. The molecule has 236 valence electrons. The number of aromatic nitrogens is 1. The number of ether oxygens (including phenoxy) is 2. The van der Waals surface area contributed by atoms with Crippen LogP contribution in [0.3, 0.4) is 0 Å². The smallest absolute Gasteiger partial charge is 0.430 e. The molecule has 0 spiro atoms. The Labute approximate surface area is 248 Å². The molecule has 2 N–H and O–H groups in total. The Morgan fingerprint density at radius 2 is 1.68 bits per heavy atom. The van der Waals surface area contributed by atoms with Gasteiger partial charge in [0, 0.05) is 23.4 Å². The number of imide groups is 1. The van der Waals surface area contributed by atoms with Crippen molar-refractivity contribution in [1.29, 1.82) is 0 Å².